The van der Waals surface area contributed by atoms with E-state index in [1.165, 1.54) is 0 Å². The van der Waals surface area contributed by atoms with Crippen molar-refractivity contribution in [2.24, 2.45) is 0 Å². The van der Waals surface area contributed by atoms with Gasteiger partial charge in [0.25, 0.3) is 0 Å². The molecule has 1 aliphatic heterocycles. The van der Waals surface area contributed by atoms with Gasteiger partial charge in [-0.25, -0.2) is 0 Å². The first kappa shape index (κ1) is 22.4. The number of amides is 1. The van der Waals surface area contributed by atoms with Gasteiger partial charge in [0.05, 0.1) is 18.5 Å². The fraction of sp³-hybridized carbons (Fsp3) is 0.381. The molecule has 0 spiro atoms. The Morgan fingerprint density at radius 1 is 1.16 bits per heavy atom. The lowest BCUT2D eigenvalue weighted by molar-refractivity contribution is -0.141. The van der Waals surface area contributed by atoms with E-state index in [-0.39, 0.29) is 17.0 Å². The molecule has 0 saturated carbocycles. The lowest BCUT2D eigenvalue weighted by Gasteiger charge is -2.28. The Kier molecular flexibility index (Phi) is 6.56. The molecule has 11 heteroatoms. The van der Waals surface area contributed by atoms with Crippen LogP contribution in [0.25, 0.3) is 10.8 Å². The van der Waals surface area contributed by atoms with Crippen molar-refractivity contribution >= 4 is 40.1 Å². The normalized spacial score (nSPS) is 15.7. The molecule has 32 heavy (non-hydrogen) atoms. The number of hydrogen-bond acceptors (Lipinski definition) is 6. The third-order valence-electron chi connectivity index (χ3n) is 5.03. The van der Waals surface area contributed by atoms with Crippen molar-refractivity contribution in [2.75, 3.05) is 36.5 Å². The summed E-state index contributed by atoms with van der Waals surface area (Å²) in [4.78, 5) is 14.5. The highest BCUT2D eigenvalue weighted by molar-refractivity contribution is 8.00. The SMILES string of the molecule is CC(Sc1nnc(N2CCOCC2)n1CC(F)(F)F)C(=O)Nc1cccc2ccccc12. The Morgan fingerprint density at radius 2 is 1.88 bits per heavy atom. The molecule has 2 heterocycles. The van der Waals surface area contributed by atoms with Gasteiger partial charge in [-0.3, -0.25) is 9.36 Å². The molecule has 2 aromatic carbocycles. The van der Waals surface area contributed by atoms with Crippen LogP contribution in [0.3, 0.4) is 0 Å². The second kappa shape index (κ2) is 9.37. The Hall–Kier alpha value is -2.79. The number of thioether (sulfide) groups is 1. The van der Waals surface area contributed by atoms with E-state index in [0.717, 1.165) is 27.1 Å². The van der Waals surface area contributed by atoms with E-state index in [9.17, 15) is 18.0 Å². The number of nitrogens with zero attached hydrogens (tertiary/aromatic N) is 4. The monoisotopic (exact) mass is 465 g/mol. The van der Waals surface area contributed by atoms with Crippen LogP contribution in [-0.2, 0) is 16.1 Å². The molecule has 170 valence electrons. The average Bonchev–Trinajstić information content (AvgIpc) is 3.15. The van der Waals surface area contributed by atoms with Crippen molar-refractivity contribution in [3.05, 3.63) is 42.5 Å². The van der Waals surface area contributed by atoms with Gasteiger partial charge >= 0.3 is 6.18 Å². The van der Waals surface area contributed by atoms with E-state index in [1.807, 2.05) is 36.4 Å². The molecule has 7 nitrogen and oxygen atoms in total. The van der Waals surface area contributed by atoms with E-state index in [0.29, 0.717) is 32.0 Å². The van der Waals surface area contributed by atoms with Crippen LogP contribution in [0.1, 0.15) is 6.92 Å². The maximum atomic E-state index is 13.3. The van der Waals surface area contributed by atoms with Crippen LogP contribution in [0.4, 0.5) is 24.8 Å². The van der Waals surface area contributed by atoms with Crippen LogP contribution in [0.2, 0.25) is 0 Å². The van der Waals surface area contributed by atoms with Crippen LogP contribution in [0, 0.1) is 0 Å². The zero-order chi connectivity index (χ0) is 22.7. The van der Waals surface area contributed by atoms with E-state index in [1.54, 1.807) is 17.9 Å². The molecule has 1 atom stereocenters. The minimum absolute atomic E-state index is 0.0457. The van der Waals surface area contributed by atoms with E-state index in [2.05, 4.69) is 15.5 Å². The topological polar surface area (TPSA) is 72.3 Å². The van der Waals surface area contributed by atoms with Crippen molar-refractivity contribution in [3.63, 3.8) is 0 Å². The van der Waals surface area contributed by atoms with Gasteiger partial charge in [-0.05, 0) is 18.4 Å². The van der Waals surface area contributed by atoms with Gasteiger partial charge in [-0.2, -0.15) is 13.2 Å². The highest BCUT2D eigenvalue weighted by Gasteiger charge is 2.33. The number of hydrogen-bond donors (Lipinski definition) is 1. The van der Waals surface area contributed by atoms with Crippen molar-refractivity contribution < 1.29 is 22.7 Å². The highest BCUT2D eigenvalue weighted by atomic mass is 32.2. The molecule has 1 fully saturated rings. The predicted octanol–water partition coefficient (Wildman–Crippen LogP) is 3.95. The number of benzene rings is 2. The Labute approximate surface area is 186 Å². The lowest BCUT2D eigenvalue weighted by Crippen LogP contribution is -2.38. The summed E-state index contributed by atoms with van der Waals surface area (Å²) in [5.41, 5.74) is 0.645. The minimum Gasteiger partial charge on any atom is -0.378 e. The van der Waals surface area contributed by atoms with Gasteiger partial charge in [0.15, 0.2) is 5.16 Å². The number of halogens is 3. The molecule has 1 unspecified atom stereocenters. The molecule has 0 bridgehead atoms. The predicted molar refractivity (Wildman–Crippen MR) is 117 cm³/mol. The molecule has 1 aromatic heterocycles. The highest BCUT2D eigenvalue weighted by Crippen LogP contribution is 2.31. The first-order valence-corrected chi connectivity index (χ1v) is 11.0. The number of fused-ring (bicyclic) bond motifs is 1. The molecule has 1 amide bonds. The van der Waals surface area contributed by atoms with E-state index < -0.39 is 18.0 Å². The van der Waals surface area contributed by atoms with Crippen LogP contribution in [0.15, 0.2) is 47.6 Å². The van der Waals surface area contributed by atoms with E-state index >= 15 is 0 Å². The molecular weight excluding hydrogens is 443 g/mol. The maximum Gasteiger partial charge on any atom is 0.406 e. The third-order valence-corrected chi connectivity index (χ3v) is 6.11. The van der Waals surface area contributed by atoms with E-state index in [4.69, 9.17) is 4.74 Å². The molecule has 1 saturated heterocycles. The summed E-state index contributed by atoms with van der Waals surface area (Å²) >= 11 is 0.948. The summed E-state index contributed by atoms with van der Waals surface area (Å²) in [6.45, 7) is 2.07. The zero-order valence-corrected chi connectivity index (χ0v) is 18.1. The molecule has 3 aromatic rings. The number of nitrogens with one attached hydrogen (secondary N) is 1. The summed E-state index contributed by atoms with van der Waals surface area (Å²) in [6.07, 6.45) is -4.45. The van der Waals surface area contributed by atoms with Gasteiger partial charge in [0, 0.05) is 24.2 Å². The van der Waals surface area contributed by atoms with Crippen LogP contribution >= 0.6 is 11.8 Å². The number of rotatable bonds is 6. The number of aromatic nitrogens is 3. The van der Waals surface area contributed by atoms with Gasteiger partial charge in [-0.1, -0.05) is 48.2 Å². The van der Waals surface area contributed by atoms with Crippen molar-refractivity contribution in [2.45, 2.75) is 30.1 Å². The third kappa shape index (κ3) is 5.16. The number of anilines is 2. The number of ether oxygens (including phenoxy) is 1. The quantitative estimate of drug-likeness (QED) is 0.556. The summed E-state index contributed by atoms with van der Waals surface area (Å²) in [5.74, 6) is -0.198. The van der Waals surface area contributed by atoms with Crippen LogP contribution in [0.5, 0.6) is 0 Å². The van der Waals surface area contributed by atoms with Crippen molar-refractivity contribution in [3.8, 4) is 0 Å². The van der Waals surface area contributed by atoms with Gasteiger partial charge < -0.3 is 15.0 Å². The maximum absolute atomic E-state index is 13.3. The lowest BCUT2D eigenvalue weighted by atomic mass is 10.1. The number of morpholine rings is 1. The van der Waals surface area contributed by atoms with Gasteiger partial charge in [0.2, 0.25) is 11.9 Å². The average molecular weight is 466 g/mol. The summed E-state index contributed by atoms with van der Waals surface area (Å²) < 4.78 is 46.1. The second-order valence-corrected chi connectivity index (χ2v) is 8.67. The molecule has 4 rings (SSSR count). The summed E-state index contributed by atoms with van der Waals surface area (Å²) in [5, 5.41) is 12.1. The number of carbonyl (C=O) groups is 1. The number of carbonyl (C=O) groups excluding carboxylic acids is 1. The van der Waals surface area contributed by atoms with Crippen molar-refractivity contribution in [1.82, 2.24) is 14.8 Å². The Morgan fingerprint density at radius 3 is 2.62 bits per heavy atom. The first-order valence-electron chi connectivity index (χ1n) is 10.1. The van der Waals surface area contributed by atoms with Gasteiger partial charge in [-0.15, -0.1) is 10.2 Å². The first-order chi connectivity index (χ1) is 15.3. The summed E-state index contributed by atoms with van der Waals surface area (Å²) in [6, 6.07) is 13.2. The Balaban J connectivity index is 1.53. The van der Waals surface area contributed by atoms with Gasteiger partial charge in [0.1, 0.15) is 6.54 Å². The molecule has 1 aliphatic rings. The standard InChI is InChI=1S/C21H22F3N5O2S/c1-14(18(30)25-17-8-4-6-15-5-2-3-7-16(15)17)32-20-27-26-19(28-9-11-31-12-10-28)29(20)13-21(22,23)24/h2-8,14H,9-13H2,1H3,(H,25,30). The number of alkyl halides is 3. The van der Waals surface area contributed by atoms with Crippen LogP contribution < -0.4 is 10.2 Å². The fourth-order valence-corrected chi connectivity index (χ4v) is 4.31. The molecule has 0 aliphatic carbocycles. The fourth-order valence-electron chi connectivity index (χ4n) is 3.46. The largest absolute Gasteiger partial charge is 0.406 e. The second-order valence-electron chi connectivity index (χ2n) is 7.36. The smallest absolute Gasteiger partial charge is 0.378 e. The summed E-state index contributed by atoms with van der Waals surface area (Å²) in [7, 11) is 0. The molecule has 1 N–H and O–H groups in total. The van der Waals surface area contributed by atoms with Crippen molar-refractivity contribution in [1.29, 1.82) is 0 Å². The molecule has 0 radical (unpaired) electrons. The minimum atomic E-state index is -4.45. The Bertz CT molecular complexity index is 1090. The molecular formula is C21H22F3N5O2S. The zero-order valence-electron chi connectivity index (χ0n) is 17.3. The van der Waals surface area contributed by atoms with Crippen LogP contribution in [-0.4, -0.2) is 58.4 Å².